The molecule has 2 aromatic rings. The van der Waals surface area contributed by atoms with Gasteiger partial charge in [0, 0.05) is 25.4 Å². The van der Waals surface area contributed by atoms with Crippen LogP contribution in [0.25, 0.3) is 0 Å². The molecule has 1 fully saturated rings. The van der Waals surface area contributed by atoms with Gasteiger partial charge in [-0.15, -0.1) is 0 Å². The van der Waals surface area contributed by atoms with Gasteiger partial charge in [-0.1, -0.05) is 6.07 Å². The van der Waals surface area contributed by atoms with Gasteiger partial charge in [0.25, 0.3) is 11.8 Å². The molecule has 0 radical (unpaired) electrons. The van der Waals surface area contributed by atoms with Crippen molar-refractivity contribution in [3.8, 4) is 23.4 Å². The highest BCUT2D eigenvalue weighted by Gasteiger charge is 2.31. The summed E-state index contributed by atoms with van der Waals surface area (Å²) in [7, 11) is 0. The van der Waals surface area contributed by atoms with Gasteiger partial charge in [-0.25, -0.2) is 9.97 Å². The van der Waals surface area contributed by atoms with Crippen molar-refractivity contribution in [1.29, 1.82) is 5.26 Å². The first-order chi connectivity index (χ1) is 12.8. The number of hydrogen-bond donors (Lipinski definition) is 0. The molecule has 1 aromatic carbocycles. The zero-order valence-corrected chi connectivity index (χ0v) is 13.9. The Morgan fingerprint density at radius 3 is 3.00 bits per heavy atom. The number of hydrogen-bond acceptors (Lipinski definition) is 7. The lowest BCUT2D eigenvalue weighted by atomic mass is 10.1. The third-order valence-corrected chi connectivity index (χ3v) is 4.28. The third kappa shape index (κ3) is 2.99. The van der Waals surface area contributed by atoms with Crippen molar-refractivity contribution in [2.24, 2.45) is 0 Å². The quantitative estimate of drug-likeness (QED) is 0.824. The minimum Gasteiger partial charge on any atom is -0.486 e. The largest absolute Gasteiger partial charge is 0.486 e. The number of nitrogens with zero attached hydrogens (tertiary/aromatic N) is 4. The first kappa shape index (κ1) is 16.1. The first-order valence-corrected chi connectivity index (χ1v) is 8.32. The molecular formula is C18H16N4O4. The average Bonchev–Trinajstić information content (AvgIpc) is 3.16. The van der Waals surface area contributed by atoms with E-state index < -0.39 is 0 Å². The van der Waals surface area contributed by atoms with E-state index in [2.05, 4.69) is 9.97 Å². The predicted molar refractivity (Wildman–Crippen MR) is 89.1 cm³/mol. The molecule has 2 aliphatic rings. The van der Waals surface area contributed by atoms with Crippen molar-refractivity contribution in [3.63, 3.8) is 0 Å². The van der Waals surface area contributed by atoms with Crippen molar-refractivity contribution < 1.29 is 19.0 Å². The summed E-state index contributed by atoms with van der Waals surface area (Å²) in [4.78, 5) is 22.6. The number of ether oxygens (including phenoxy) is 3. The van der Waals surface area contributed by atoms with E-state index in [9.17, 15) is 4.79 Å². The van der Waals surface area contributed by atoms with E-state index in [0.717, 1.165) is 0 Å². The molecule has 0 saturated carbocycles. The molecular weight excluding hydrogens is 336 g/mol. The lowest BCUT2D eigenvalue weighted by molar-refractivity contribution is 0.0760. The average molecular weight is 352 g/mol. The Morgan fingerprint density at radius 2 is 2.12 bits per heavy atom. The molecule has 0 spiro atoms. The van der Waals surface area contributed by atoms with Crippen LogP contribution in [0, 0.1) is 11.3 Å². The van der Waals surface area contributed by atoms with Crippen molar-refractivity contribution in [3.05, 3.63) is 41.9 Å². The Hall–Kier alpha value is -3.34. The second-order valence-electron chi connectivity index (χ2n) is 5.93. The van der Waals surface area contributed by atoms with E-state index in [4.69, 9.17) is 19.5 Å². The minimum absolute atomic E-state index is 0.127. The maximum atomic E-state index is 12.9. The Morgan fingerprint density at radius 1 is 1.27 bits per heavy atom. The summed E-state index contributed by atoms with van der Waals surface area (Å²) in [6.45, 7) is 1.86. The Balaban J connectivity index is 1.47. The fourth-order valence-electron chi connectivity index (χ4n) is 3.07. The van der Waals surface area contributed by atoms with Crippen LogP contribution in [0.1, 0.15) is 22.5 Å². The molecule has 1 saturated heterocycles. The lowest BCUT2D eigenvalue weighted by Crippen LogP contribution is -2.32. The fourth-order valence-corrected chi connectivity index (χ4v) is 3.07. The summed E-state index contributed by atoms with van der Waals surface area (Å²) in [5.74, 6) is 1.15. The number of fused-ring (bicyclic) bond motifs is 1. The second-order valence-corrected chi connectivity index (χ2v) is 5.93. The summed E-state index contributed by atoms with van der Waals surface area (Å²) < 4.78 is 16.9. The van der Waals surface area contributed by atoms with Crippen LogP contribution in [0.4, 0.5) is 0 Å². The summed E-state index contributed by atoms with van der Waals surface area (Å²) in [6, 6.07) is 7.26. The van der Waals surface area contributed by atoms with E-state index in [0.29, 0.717) is 49.8 Å². The maximum absolute atomic E-state index is 12.9. The number of nitriles is 1. The van der Waals surface area contributed by atoms with Gasteiger partial charge in [-0.2, -0.15) is 5.26 Å². The zero-order chi connectivity index (χ0) is 17.9. The van der Waals surface area contributed by atoms with E-state index in [1.807, 2.05) is 6.07 Å². The molecule has 4 rings (SSSR count). The SMILES string of the molecule is N#Cc1nccnc1O[C@H]1CCN(C(=O)c2cccc3c2OCCO3)C1. The summed E-state index contributed by atoms with van der Waals surface area (Å²) in [6.07, 6.45) is 3.33. The van der Waals surface area contributed by atoms with Crippen LogP contribution >= 0.6 is 0 Å². The summed E-state index contributed by atoms with van der Waals surface area (Å²) in [5, 5.41) is 9.07. The standard InChI is InChI=1S/C18H16N4O4/c19-10-14-17(21-6-5-20-14)26-12-4-7-22(11-12)18(23)13-2-1-3-15-16(13)25-9-8-24-15/h1-3,5-6,12H,4,7-9,11H2/t12-/m0/s1. The van der Waals surface area contributed by atoms with Crippen LogP contribution in [-0.4, -0.2) is 53.2 Å². The predicted octanol–water partition coefficient (Wildman–Crippen LogP) is 1.41. The number of para-hydroxylation sites is 1. The van der Waals surface area contributed by atoms with E-state index in [1.165, 1.54) is 12.4 Å². The van der Waals surface area contributed by atoms with Crippen LogP contribution in [0.2, 0.25) is 0 Å². The first-order valence-electron chi connectivity index (χ1n) is 8.32. The monoisotopic (exact) mass is 352 g/mol. The van der Waals surface area contributed by atoms with Gasteiger partial charge in [-0.05, 0) is 12.1 Å². The van der Waals surface area contributed by atoms with Crippen molar-refractivity contribution in [1.82, 2.24) is 14.9 Å². The Kier molecular flexibility index (Phi) is 4.27. The molecule has 8 nitrogen and oxygen atoms in total. The van der Waals surface area contributed by atoms with Crippen molar-refractivity contribution in [2.75, 3.05) is 26.3 Å². The second kappa shape index (κ2) is 6.88. The van der Waals surface area contributed by atoms with Crippen molar-refractivity contribution >= 4 is 5.91 Å². The molecule has 1 amide bonds. The highest BCUT2D eigenvalue weighted by atomic mass is 16.6. The maximum Gasteiger partial charge on any atom is 0.257 e. The molecule has 1 aromatic heterocycles. The number of amides is 1. The normalized spacial score (nSPS) is 18.3. The molecule has 0 aliphatic carbocycles. The smallest absolute Gasteiger partial charge is 0.257 e. The molecule has 0 bridgehead atoms. The van der Waals surface area contributed by atoms with E-state index >= 15 is 0 Å². The lowest BCUT2D eigenvalue weighted by Gasteiger charge is -2.23. The number of carbonyl (C=O) groups excluding carboxylic acids is 1. The molecule has 1 atom stereocenters. The van der Waals surface area contributed by atoms with E-state index in [1.54, 1.807) is 23.1 Å². The molecule has 26 heavy (non-hydrogen) atoms. The number of aromatic nitrogens is 2. The van der Waals surface area contributed by atoms with Crippen LogP contribution in [0.5, 0.6) is 17.4 Å². The third-order valence-electron chi connectivity index (χ3n) is 4.28. The van der Waals surface area contributed by atoms with Crippen LogP contribution in [-0.2, 0) is 0 Å². The molecule has 3 heterocycles. The Bertz CT molecular complexity index is 880. The van der Waals surface area contributed by atoms with Gasteiger partial charge in [0.2, 0.25) is 5.69 Å². The topological polar surface area (TPSA) is 97.6 Å². The van der Waals surface area contributed by atoms with Gasteiger partial charge in [0.05, 0.1) is 12.1 Å². The molecule has 2 aliphatic heterocycles. The van der Waals surface area contributed by atoms with Crippen LogP contribution in [0.3, 0.4) is 0 Å². The number of rotatable bonds is 3. The summed E-state index contributed by atoms with van der Waals surface area (Å²) >= 11 is 0. The number of likely N-dealkylation sites (tertiary alicyclic amines) is 1. The van der Waals surface area contributed by atoms with Crippen LogP contribution < -0.4 is 14.2 Å². The number of benzene rings is 1. The highest BCUT2D eigenvalue weighted by molar-refractivity contribution is 5.98. The fraction of sp³-hybridized carbons (Fsp3) is 0.333. The van der Waals surface area contributed by atoms with Gasteiger partial charge >= 0.3 is 0 Å². The van der Waals surface area contributed by atoms with Gasteiger partial charge < -0.3 is 19.1 Å². The molecule has 8 heteroatoms. The summed E-state index contributed by atoms with van der Waals surface area (Å²) in [5.41, 5.74) is 0.625. The van der Waals surface area contributed by atoms with Crippen molar-refractivity contribution in [2.45, 2.75) is 12.5 Å². The molecule has 0 N–H and O–H groups in total. The van der Waals surface area contributed by atoms with Crippen LogP contribution in [0.15, 0.2) is 30.6 Å². The van der Waals surface area contributed by atoms with E-state index in [-0.39, 0.29) is 23.6 Å². The van der Waals surface area contributed by atoms with Gasteiger partial charge in [0.15, 0.2) is 11.5 Å². The number of carbonyl (C=O) groups is 1. The Labute approximate surface area is 149 Å². The van der Waals surface area contributed by atoms with Gasteiger partial charge in [-0.3, -0.25) is 4.79 Å². The molecule has 0 unspecified atom stereocenters. The minimum atomic E-state index is -0.237. The zero-order valence-electron chi connectivity index (χ0n) is 13.9. The highest BCUT2D eigenvalue weighted by Crippen LogP contribution is 2.34. The molecule has 132 valence electrons. The van der Waals surface area contributed by atoms with Gasteiger partial charge in [0.1, 0.15) is 25.4 Å².